The van der Waals surface area contributed by atoms with Crippen molar-refractivity contribution in [2.75, 3.05) is 19.0 Å². The molecule has 0 saturated carbocycles. The summed E-state index contributed by atoms with van der Waals surface area (Å²) < 4.78 is 7.80. The number of benzene rings is 3. The lowest BCUT2D eigenvalue weighted by Crippen LogP contribution is -3.00. The third kappa shape index (κ3) is 4.67. The second kappa shape index (κ2) is 9.40. The van der Waals surface area contributed by atoms with Gasteiger partial charge in [-0.25, -0.2) is 0 Å². The maximum atomic E-state index is 5.50. The molecule has 3 nitrogen and oxygen atoms in total. The summed E-state index contributed by atoms with van der Waals surface area (Å²) in [6.07, 6.45) is 4.44. The van der Waals surface area contributed by atoms with E-state index in [2.05, 4.69) is 91.5 Å². The zero-order valence-corrected chi connectivity index (χ0v) is 19.3. The number of para-hydroxylation sites is 1. The third-order valence-corrected chi connectivity index (χ3v) is 5.74. The van der Waals surface area contributed by atoms with Crippen LogP contribution in [0.5, 0.6) is 5.75 Å². The first-order valence-electron chi connectivity index (χ1n) is 10.5. The lowest BCUT2D eigenvalue weighted by atomic mass is 9.81. The molecule has 3 aromatic carbocycles. The Morgan fingerprint density at radius 1 is 0.871 bits per heavy atom. The summed E-state index contributed by atoms with van der Waals surface area (Å²) in [6.45, 7) is 7.25. The minimum atomic E-state index is -0.00298. The number of hydrogen-bond acceptors (Lipinski definition) is 2. The van der Waals surface area contributed by atoms with E-state index >= 15 is 0 Å². The number of anilines is 2. The van der Waals surface area contributed by atoms with Crippen LogP contribution in [0.3, 0.4) is 0 Å². The summed E-state index contributed by atoms with van der Waals surface area (Å²) >= 11 is 0. The van der Waals surface area contributed by atoms with Crippen molar-refractivity contribution in [3.8, 4) is 5.75 Å². The van der Waals surface area contributed by atoms with E-state index in [0.29, 0.717) is 6.61 Å². The Labute approximate surface area is 191 Å². The van der Waals surface area contributed by atoms with Gasteiger partial charge in [-0.2, -0.15) is 4.58 Å². The quantitative estimate of drug-likeness (QED) is 0.602. The molecule has 0 saturated heterocycles. The molecule has 1 aliphatic heterocycles. The van der Waals surface area contributed by atoms with Gasteiger partial charge >= 0.3 is 0 Å². The number of halogens is 1. The lowest BCUT2D eigenvalue weighted by Gasteiger charge is -2.15. The fourth-order valence-electron chi connectivity index (χ4n) is 4.12. The van der Waals surface area contributed by atoms with Gasteiger partial charge in [0.25, 0.3) is 0 Å². The van der Waals surface area contributed by atoms with Crippen molar-refractivity contribution >= 4 is 28.8 Å². The third-order valence-electron chi connectivity index (χ3n) is 5.74. The topological polar surface area (TPSA) is 24.3 Å². The Hall–Kier alpha value is -3.04. The molecule has 0 spiro atoms. The first-order chi connectivity index (χ1) is 14.5. The van der Waals surface area contributed by atoms with Crippen LogP contribution in [-0.4, -0.2) is 23.9 Å². The van der Waals surface area contributed by atoms with Crippen LogP contribution in [0.15, 0.2) is 78.9 Å². The molecule has 4 rings (SSSR count). The van der Waals surface area contributed by atoms with Gasteiger partial charge in [0.05, 0.1) is 12.0 Å². The van der Waals surface area contributed by atoms with Gasteiger partial charge in [-0.05, 0) is 68.8 Å². The van der Waals surface area contributed by atoms with Crippen LogP contribution in [0.4, 0.5) is 17.1 Å². The van der Waals surface area contributed by atoms with Crippen LogP contribution in [0.2, 0.25) is 0 Å². The van der Waals surface area contributed by atoms with Crippen LogP contribution in [-0.2, 0) is 5.41 Å². The highest BCUT2D eigenvalue weighted by Gasteiger charge is 2.42. The molecule has 31 heavy (non-hydrogen) atoms. The minimum absolute atomic E-state index is 0. The maximum absolute atomic E-state index is 5.50. The normalized spacial score (nSPS) is 14.3. The fourth-order valence-corrected chi connectivity index (χ4v) is 4.12. The molecule has 3 aromatic rings. The molecule has 0 amide bonds. The van der Waals surface area contributed by atoms with E-state index in [0.717, 1.165) is 17.1 Å². The number of nitrogens with one attached hydrogen (secondary N) is 1. The predicted molar refractivity (Wildman–Crippen MR) is 127 cm³/mol. The summed E-state index contributed by atoms with van der Waals surface area (Å²) in [5, 5.41) is 3.44. The molecule has 4 heteroatoms. The van der Waals surface area contributed by atoms with Crippen molar-refractivity contribution in [2.45, 2.75) is 26.2 Å². The van der Waals surface area contributed by atoms with Crippen molar-refractivity contribution in [1.82, 2.24) is 0 Å². The van der Waals surface area contributed by atoms with Crippen molar-refractivity contribution in [3.63, 3.8) is 0 Å². The molecule has 0 atom stereocenters. The zero-order chi connectivity index (χ0) is 21.1. The Morgan fingerprint density at radius 3 is 2.10 bits per heavy atom. The average Bonchev–Trinajstić information content (AvgIpc) is 2.95. The number of ether oxygens (including phenoxy) is 1. The Bertz CT molecular complexity index is 1100. The molecule has 0 aliphatic carbocycles. The highest BCUT2D eigenvalue weighted by atomic mass is 35.5. The van der Waals surface area contributed by atoms with Crippen LogP contribution in [0, 0.1) is 0 Å². The molecule has 1 aliphatic rings. The SMILES string of the molecule is CCOc1ccc(Nc2ccc(/C=C/C3=[N+](C)c4ccccc4C3(C)C)cc2)cc1.[Cl-]. The molecule has 0 bridgehead atoms. The van der Waals surface area contributed by atoms with E-state index in [1.54, 1.807) is 0 Å². The number of rotatable bonds is 6. The van der Waals surface area contributed by atoms with E-state index in [9.17, 15) is 0 Å². The smallest absolute Gasteiger partial charge is 0.209 e. The van der Waals surface area contributed by atoms with Crippen molar-refractivity contribution in [2.24, 2.45) is 0 Å². The van der Waals surface area contributed by atoms with Gasteiger partial charge in [-0.3, -0.25) is 0 Å². The lowest BCUT2D eigenvalue weighted by molar-refractivity contribution is -0.401. The summed E-state index contributed by atoms with van der Waals surface area (Å²) in [6, 6.07) is 25.2. The van der Waals surface area contributed by atoms with E-state index in [4.69, 9.17) is 4.74 Å². The van der Waals surface area contributed by atoms with Gasteiger partial charge in [-0.15, -0.1) is 0 Å². The number of fused-ring (bicyclic) bond motifs is 1. The largest absolute Gasteiger partial charge is 1.00 e. The summed E-state index contributed by atoms with van der Waals surface area (Å²) in [7, 11) is 2.15. The van der Waals surface area contributed by atoms with Crippen molar-refractivity contribution < 1.29 is 21.7 Å². The molecule has 0 radical (unpaired) electrons. The Kier molecular flexibility index (Phi) is 6.87. The first kappa shape index (κ1) is 22.6. The predicted octanol–water partition coefficient (Wildman–Crippen LogP) is 3.55. The molecule has 1 N–H and O–H groups in total. The summed E-state index contributed by atoms with van der Waals surface area (Å²) in [5.41, 5.74) is 7.26. The molecule has 160 valence electrons. The van der Waals surface area contributed by atoms with Gasteiger partial charge in [0.1, 0.15) is 12.8 Å². The summed E-state index contributed by atoms with van der Waals surface area (Å²) in [4.78, 5) is 0. The molecular weight excluding hydrogens is 404 g/mol. The minimum Gasteiger partial charge on any atom is -1.00 e. The average molecular weight is 433 g/mol. The number of hydrogen-bond donors (Lipinski definition) is 1. The van der Waals surface area contributed by atoms with E-state index in [1.165, 1.54) is 22.5 Å². The fraction of sp³-hybridized carbons (Fsp3) is 0.222. The zero-order valence-electron chi connectivity index (χ0n) is 18.5. The van der Waals surface area contributed by atoms with Crippen molar-refractivity contribution in [1.29, 1.82) is 0 Å². The number of allylic oxidation sites excluding steroid dienone is 1. The van der Waals surface area contributed by atoms with E-state index < -0.39 is 0 Å². The molecule has 0 unspecified atom stereocenters. The van der Waals surface area contributed by atoms with Crippen LogP contribution < -0.4 is 22.5 Å². The van der Waals surface area contributed by atoms with Gasteiger partial charge in [0, 0.05) is 29.1 Å². The number of nitrogens with zero attached hydrogens (tertiary/aromatic N) is 1. The van der Waals surface area contributed by atoms with E-state index in [-0.39, 0.29) is 17.8 Å². The van der Waals surface area contributed by atoms with Crippen LogP contribution in [0.25, 0.3) is 6.08 Å². The van der Waals surface area contributed by atoms with Gasteiger partial charge in [0.15, 0.2) is 5.71 Å². The van der Waals surface area contributed by atoms with Gasteiger partial charge in [-0.1, -0.05) is 30.3 Å². The maximum Gasteiger partial charge on any atom is 0.209 e. The van der Waals surface area contributed by atoms with E-state index in [1.807, 2.05) is 31.2 Å². The van der Waals surface area contributed by atoms with Crippen LogP contribution in [0.1, 0.15) is 31.9 Å². The molecule has 0 aromatic heterocycles. The second-order valence-electron chi connectivity index (χ2n) is 8.12. The highest BCUT2D eigenvalue weighted by molar-refractivity contribution is 6.05. The van der Waals surface area contributed by atoms with Crippen LogP contribution >= 0.6 is 0 Å². The molecule has 0 fully saturated rings. The van der Waals surface area contributed by atoms with Gasteiger partial charge in [0.2, 0.25) is 5.69 Å². The monoisotopic (exact) mass is 432 g/mol. The first-order valence-corrected chi connectivity index (χ1v) is 10.5. The molecular formula is C27H29ClN2O. The second-order valence-corrected chi connectivity index (χ2v) is 8.12. The van der Waals surface area contributed by atoms with Gasteiger partial charge < -0.3 is 22.5 Å². The molecule has 1 heterocycles. The Balaban J connectivity index is 0.00000272. The highest BCUT2D eigenvalue weighted by Crippen LogP contribution is 2.39. The van der Waals surface area contributed by atoms with Crippen molar-refractivity contribution in [3.05, 3.63) is 90.0 Å². The standard InChI is InChI=1S/C27H28N2O.ClH/c1-5-30-23-17-15-22(16-18-23)28-21-13-10-20(11-14-21)12-19-26-27(2,3)24-8-6-7-9-25(24)29(26)4;/h6-19H,5H2,1-4H3;1H. The summed E-state index contributed by atoms with van der Waals surface area (Å²) in [5.74, 6) is 0.892. The Morgan fingerprint density at radius 2 is 1.48 bits per heavy atom.